The maximum absolute atomic E-state index is 13.8. The first kappa shape index (κ1) is 12.7. The van der Waals surface area contributed by atoms with E-state index in [-0.39, 0.29) is 17.0 Å². The second-order valence-electron chi connectivity index (χ2n) is 4.23. The number of carboxylic acids is 1. The lowest BCUT2D eigenvalue weighted by molar-refractivity contribution is 0.0690. The molecule has 0 unspecified atom stereocenters. The van der Waals surface area contributed by atoms with E-state index in [0.29, 0.717) is 11.0 Å². The molecule has 102 valence electrons. The van der Waals surface area contributed by atoms with Gasteiger partial charge in [0, 0.05) is 22.7 Å². The van der Waals surface area contributed by atoms with Gasteiger partial charge in [0.05, 0.1) is 0 Å². The van der Waals surface area contributed by atoms with Gasteiger partial charge in [0.2, 0.25) is 0 Å². The number of imidazole rings is 1. The van der Waals surface area contributed by atoms with Crippen molar-refractivity contribution in [2.75, 3.05) is 0 Å². The first-order valence-electron chi connectivity index (χ1n) is 5.64. The highest BCUT2D eigenvalue weighted by Crippen LogP contribution is 2.30. The van der Waals surface area contributed by atoms with E-state index in [4.69, 9.17) is 0 Å². The Bertz CT molecular complexity index is 838. The molecule has 20 heavy (non-hydrogen) atoms. The van der Waals surface area contributed by atoms with Crippen LogP contribution in [0.1, 0.15) is 15.4 Å². The molecule has 3 aromatic rings. The summed E-state index contributed by atoms with van der Waals surface area (Å²) in [5.41, 5.74) is -0.159. The molecule has 0 fully saturated rings. The molecule has 3 rings (SSSR count). The summed E-state index contributed by atoms with van der Waals surface area (Å²) in [5, 5.41) is 9.32. The Balaban J connectivity index is 2.32. The largest absolute Gasteiger partial charge is 0.476 e. The number of carboxylic acid groups (broad SMARTS) is 1. The van der Waals surface area contributed by atoms with E-state index >= 15 is 0 Å². The monoisotopic (exact) mass is 294 g/mol. The quantitative estimate of drug-likeness (QED) is 0.788. The number of aryl methyl sites for hydroxylation is 1. The maximum atomic E-state index is 13.8. The van der Waals surface area contributed by atoms with Crippen molar-refractivity contribution in [3.63, 3.8) is 0 Å². The predicted molar refractivity (Wildman–Crippen MR) is 70.1 cm³/mol. The Morgan fingerprint density at radius 3 is 2.80 bits per heavy atom. The molecule has 2 heterocycles. The van der Waals surface area contributed by atoms with Crippen molar-refractivity contribution >= 4 is 22.3 Å². The number of hydrogen-bond acceptors (Lipinski definition) is 3. The van der Waals surface area contributed by atoms with Crippen molar-refractivity contribution in [2.45, 2.75) is 6.92 Å². The summed E-state index contributed by atoms with van der Waals surface area (Å²) in [6.07, 6.45) is 1.63. The van der Waals surface area contributed by atoms with Crippen LogP contribution in [0.25, 0.3) is 16.2 Å². The first-order chi connectivity index (χ1) is 9.47. The number of hydrogen-bond donors (Lipinski definition) is 1. The molecule has 0 saturated heterocycles. The average Bonchev–Trinajstić information content (AvgIpc) is 2.83. The van der Waals surface area contributed by atoms with Crippen LogP contribution in [0.5, 0.6) is 0 Å². The number of nitrogens with zero attached hydrogens (tertiary/aromatic N) is 2. The average molecular weight is 294 g/mol. The van der Waals surface area contributed by atoms with Crippen LogP contribution in [-0.4, -0.2) is 20.5 Å². The summed E-state index contributed by atoms with van der Waals surface area (Å²) in [6.45, 7) is 1.82. The van der Waals surface area contributed by atoms with Gasteiger partial charge in [-0.3, -0.25) is 4.40 Å². The second-order valence-corrected chi connectivity index (χ2v) is 5.45. The van der Waals surface area contributed by atoms with Crippen LogP contribution >= 0.6 is 11.3 Å². The number of aromatic nitrogens is 2. The normalized spacial score (nSPS) is 11.2. The van der Waals surface area contributed by atoms with Crippen LogP contribution in [0.2, 0.25) is 0 Å². The molecule has 2 aromatic heterocycles. The van der Waals surface area contributed by atoms with Gasteiger partial charge in [0.15, 0.2) is 10.7 Å². The topological polar surface area (TPSA) is 54.6 Å². The Morgan fingerprint density at radius 2 is 2.15 bits per heavy atom. The van der Waals surface area contributed by atoms with E-state index < -0.39 is 17.6 Å². The molecule has 0 bridgehead atoms. The van der Waals surface area contributed by atoms with E-state index in [1.165, 1.54) is 21.8 Å². The Kier molecular flexibility index (Phi) is 2.79. The summed E-state index contributed by atoms with van der Waals surface area (Å²) in [4.78, 5) is 16.9. The van der Waals surface area contributed by atoms with Gasteiger partial charge < -0.3 is 5.11 Å². The molecule has 0 radical (unpaired) electrons. The third-order valence-electron chi connectivity index (χ3n) is 2.83. The minimum Gasteiger partial charge on any atom is -0.476 e. The summed E-state index contributed by atoms with van der Waals surface area (Å²) in [6, 6.07) is 2.97. The van der Waals surface area contributed by atoms with Crippen LogP contribution in [0.4, 0.5) is 8.78 Å². The smallest absolute Gasteiger partial charge is 0.355 e. The highest BCUT2D eigenvalue weighted by molar-refractivity contribution is 7.17. The third-order valence-corrected chi connectivity index (χ3v) is 3.73. The molecule has 0 aliphatic rings. The lowest BCUT2D eigenvalue weighted by Gasteiger charge is -2.02. The van der Waals surface area contributed by atoms with Crippen molar-refractivity contribution in [1.29, 1.82) is 0 Å². The molecule has 1 N–H and O–H groups in total. The molecule has 0 aliphatic carbocycles. The predicted octanol–water partition coefficient (Wildman–Crippen LogP) is 3.35. The van der Waals surface area contributed by atoms with Gasteiger partial charge in [-0.1, -0.05) is 0 Å². The SMILES string of the molecule is Cc1cn2c(C(=O)O)c(-c3ccc(F)cc3F)nc2s1. The molecular weight excluding hydrogens is 286 g/mol. The Hall–Kier alpha value is -2.28. The van der Waals surface area contributed by atoms with E-state index in [1.807, 2.05) is 6.92 Å². The standard InChI is InChI=1S/C13H8F2N2O2S/c1-6-5-17-11(12(18)19)10(16-13(17)20-6)8-3-2-7(14)4-9(8)15/h2-5H,1H3,(H,18,19). The van der Waals surface area contributed by atoms with Crippen LogP contribution in [-0.2, 0) is 0 Å². The summed E-state index contributed by atoms with van der Waals surface area (Å²) in [7, 11) is 0. The Morgan fingerprint density at radius 1 is 1.40 bits per heavy atom. The van der Waals surface area contributed by atoms with Crippen molar-refractivity contribution in [2.24, 2.45) is 0 Å². The third kappa shape index (κ3) is 1.87. The van der Waals surface area contributed by atoms with Gasteiger partial charge in [-0.2, -0.15) is 0 Å². The molecule has 0 atom stereocenters. The number of benzene rings is 1. The fourth-order valence-corrected chi connectivity index (χ4v) is 2.86. The second kappa shape index (κ2) is 4.38. The molecule has 0 saturated carbocycles. The number of thiazole rings is 1. The van der Waals surface area contributed by atoms with Gasteiger partial charge in [-0.25, -0.2) is 18.6 Å². The fourth-order valence-electron chi connectivity index (χ4n) is 2.03. The number of fused-ring (bicyclic) bond motifs is 1. The maximum Gasteiger partial charge on any atom is 0.355 e. The zero-order valence-corrected chi connectivity index (χ0v) is 11.0. The van der Waals surface area contributed by atoms with Gasteiger partial charge in [-0.05, 0) is 19.1 Å². The van der Waals surface area contributed by atoms with Gasteiger partial charge in [0.1, 0.15) is 17.3 Å². The molecular formula is C13H8F2N2O2S. The van der Waals surface area contributed by atoms with Crippen molar-refractivity contribution in [3.8, 4) is 11.3 Å². The Labute approximate surface area is 115 Å². The molecule has 0 amide bonds. The molecule has 7 heteroatoms. The van der Waals surface area contributed by atoms with E-state index in [2.05, 4.69) is 4.98 Å². The van der Waals surface area contributed by atoms with E-state index in [0.717, 1.165) is 10.9 Å². The fraction of sp³-hybridized carbons (Fsp3) is 0.0769. The molecule has 1 aromatic carbocycles. The van der Waals surface area contributed by atoms with Crippen molar-refractivity contribution in [1.82, 2.24) is 9.38 Å². The molecule has 0 aliphatic heterocycles. The highest BCUT2D eigenvalue weighted by Gasteiger charge is 2.23. The number of rotatable bonds is 2. The van der Waals surface area contributed by atoms with Crippen LogP contribution in [0.3, 0.4) is 0 Å². The minimum absolute atomic E-state index is 0.00116. The summed E-state index contributed by atoms with van der Waals surface area (Å²) < 4.78 is 28.2. The minimum atomic E-state index is -1.21. The molecule has 0 spiro atoms. The zero-order chi connectivity index (χ0) is 14.4. The van der Waals surface area contributed by atoms with Crippen LogP contribution in [0, 0.1) is 18.6 Å². The van der Waals surface area contributed by atoms with E-state index in [1.54, 1.807) is 6.20 Å². The van der Waals surface area contributed by atoms with Gasteiger partial charge in [-0.15, -0.1) is 11.3 Å². The van der Waals surface area contributed by atoms with Crippen molar-refractivity contribution < 1.29 is 18.7 Å². The van der Waals surface area contributed by atoms with Gasteiger partial charge >= 0.3 is 5.97 Å². The summed E-state index contributed by atoms with van der Waals surface area (Å²) in [5.74, 6) is -2.77. The number of aromatic carboxylic acids is 1. The lowest BCUT2D eigenvalue weighted by atomic mass is 10.1. The van der Waals surface area contributed by atoms with Crippen molar-refractivity contribution in [3.05, 3.63) is 46.6 Å². The first-order valence-corrected chi connectivity index (χ1v) is 6.46. The number of halogens is 2. The zero-order valence-electron chi connectivity index (χ0n) is 10.2. The summed E-state index contributed by atoms with van der Waals surface area (Å²) >= 11 is 1.30. The lowest BCUT2D eigenvalue weighted by Crippen LogP contribution is -2.03. The highest BCUT2D eigenvalue weighted by atomic mass is 32.1. The number of carbonyl (C=O) groups is 1. The van der Waals surface area contributed by atoms with Crippen LogP contribution in [0.15, 0.2) is 24.4 Å². The van der Waals surface area contributed by atoms with Crippen LogP contribution < -0.4 is 0 Å². The molecule has 4 nitrogen and oxygen atoms in total. The van der Waals surface area contributed by atoms with E-state index in [9.17, 15) is 18.7 Å². The van der Waals surface area contributed by atoms with Gasteiger partial charge in [0.25, 0.3) is 0 Å².